The second-order valence-corrected chi connectivity index (χ2v) is 5.41. The maximum atomic E-state index is 12.3. The molecule has 0 saturated carbocycles. The number of rotatable bonds is 5. The van der Waals surface area contributed by atoms with Crippen LogP contribution < -0.4 is 5.32 Å². The van der Waals surface area contributed by atoms with Gasteiger partial charge in [-0.3, -0.25) is 4.79 Å². The van der Waals surface area contributed by atoms with Crippen molar-refractivity contribution >= 4 is 35.1 Å². The van der Waals surface area contributed by atoms with E-state index < -0.39 is 17.4 Å². The fourth-order valence-corrected chi connectivity index (χ4v) is 2.32. The van der Waals surface area contributed by atoms with E-state index in [-0.39, 0.29) is 15.6 Å². The highest BCUT2D eigenvalue weighted by atomic mass is 35.5. The van der Waals surface area contributed by atoms with Crippen molar-refractivity contribution in [2.45, 2.75) is 32.2 Å². The highest BCUT2D eigenvalue weighted by molar-refractivity contribution is 6.43. The number of amides is 1. The Bertz CT molecular complexity index is 519. The zero-order valence-electron chi connectivity index (χ0n) is 11.6. The molecule has 0 aliphatic heterocycles. The number of carbonyl (C=O) groups excluding carboxylic acids is 2. The van der Waals surface area contributed by atoms with E-state index in [0.29, 0.717) is 6.42 Å². The molecule has 0 heterocycles. The summed E-state index contributed by atoms with van der Waals surface area (Å²) >= 11 is 11.9. The van der Waals surface area contributed by atoms with Gasteiger partial charge in [0.1, 0.15) is 5.54 Å². The van der Waals surface area contributed by atoms with E-state index in [1.165, 1.54) is 7.11 Å². The Kier molecular flexibility index (Phi) is 5.84. The largest absolute Gasteiger partial charge is 0.467 e. The van der Waals surface area contributed by atoms with Crippen molar-refractivity contribution in [2.75, 3.05) is 7.11 Å². The first-order chi connectivity index (χ1) is 9.35. The molecule has 20 heavy (non-hydrogen) atoms. The molecule has 0 unspecified atom stereocenters. The second-order valence-electron chi connectivity index (χ2n) is 4.63. The smallest absolute Gasteiger partial charge is 0.331 e. The van der Waals surface area contributed by atoms with Gasteiger partial charge in [-0.2, -0.15) is 0 Å². The topological polar surface area (TPSA) is 55.4 Å². The van der Waals surface area contributed by atoms with Crippen LogP contribution in [0.15, 0.2) is 18.2 Å². The number of benzene rings is 1. The van der Waals surface area contributed by atoms with Crippen LogP contribution in [0.5, 0.6) is 0 Å². The van der Waals surface area contributed by atoms with Gasteiger partial charge in [0.15, 0.2) is 0 Å². The minimum atomic E-state index is -1.09. The van der Waals surface area contributed by atoms with Crippen LogP contribution in [0.25, 0.3) is 0 Å². The molecule has 0 aliphatic rings. The predicted octanol–water partition coefficient (Wildman–Crippen LogP) is 3.46. The minimum absolute atomic E-state index is 0.162. The summed E-state index contributed by atoms with van der Waals surface area (Å²) in [6.45, 7) is 3.54. The number of hydrogen-bond donors (Lipinski definition) is 1. The number of esters is 1. The quantitative estimate of drug-likeness (QED) is 0.846. The van der Waals surface area contributed by atoms with Crippen molar-refractivity contribution in [1.29, 1.82) is 0 Å². The van der Waals surface area contributed by atoms with Gasteiger partial charge in [0.25, 0.3) is 5.91 Å². The first-order valence-corrected chi connectivity index (χ1v) is 6.96. The first-order valence-electron chi connectivity index (χ1n) is 6.20. The molecule has 1 atom stereocenters. The lowest BCUT2D eigenvalue weighted by Gasteiger charge is -2.27. The number of carbonyl (C=O) groups is 2. The van der Waals surface area contributed by atoms with Crippen molar-refractivity contribution in [2.24, 2.45) is 0 Å². The Morgan fingerprint density at radius 3 is 2.55 bits per heavy atom. The average Bonchev–Trinajstić information content (AvgIpc) is 2.40. The van der Waals surface area contributed by atoms with Gasteiger partial charge in [-0.05, 0) is 25.5 Å². The molecule has 1 rings (SSSR count). The van der Waals surface area contributed by atoms with E-state index in [1.54, 1.807) is 25.1 Å². The van der Waals surface area contributed by atoms with Crippen LogP contribution in [0.4, 0.5) is 0 Å². The molecular weight excluding hydrogens is 301 g/mol. The van der Waals surface area contributed by atoms with Crippen LogP contribution in [-0.4, -0.2) is 24.5 Å². The summed E-state index contributed by atoms with van der Waals surface area (Å²) in [5.74, 6) is -0.954. The Hall–Kier alpha value is -1.26. The molecule has 0 radical (unpaired) electrons. The van der Waals surface area contributed by atoms with Crippen molar-refractivity contribution in [3.8, 4) is 0 Å². The predicted molar refractivity (Wildman–Crippen MR) is 79.3 cm³/mol. The number of halogens is 2. The molecule has 1 amide bonds. The van der Waals surface area contributed by atoms with Gasteiger partial charge in [-0.1, -0.05) is 42.6 Å². The lowest BCUT2D eigenvalue weighted by molar-refractivity contribution is -0.147. The summed E-state index contributed by atoms with van der Waals surface area (Å²) in [6.07, 6.45) is 1.18. The van der Waals surface area contributed by atoms with Crippen molar-refractivity contribution in [3.63, 3.8) is 0 Å². The van der Waals surface area contributed by atoms with Gasteiger partial charge < -0.3 is 10.1 Å². The third-order valence-electron chi connectivity index (χ3n) is 2.97. The minimum Gasteiger partial charge on any atom is -0.467 e. The van der Waals surface area contributed by atoms with E-state index in [1.807, 2.05) is 6.92 Å². The van der Waals surface area contributed by atoms with Gasteiger partial charge >= 0.3 is 5.97 Å². The SMILES string of the molecule is CCC[C@@](C)(NC(=O)c1cccc(Cl)c1Cl)C(=O)OC. The van der Waals surface area contributed by atoms with Crippen LogP contribution in [0.3, 0.4) is 0 Å². The maximum Gasteiger partial charge on any atom is 0.331 e. The summed E-state index contributed by atoms with van der Waals surface area (Å²) < 4.78 is 4.75. The normalized spacial score (nSPS) is 13.4. The number of hydrogen-bond acceptors (Lipinski definition) is 3. The number of ether oxygens (including phenoxy) is 1. The molecule has 6 heteroatoms. The third kappa shape index (κ3) is 3.64. The molecule has 0 aromatic heterocycles. The summed E-state index contributed by atoms with van der Waals surface area (Å²) in [5, 5.41) is 3.12. The lowest BCUT2D eigenvalue weighted by Crippen LogP contribution is -2.52. The molecule has 0 saturated heterocycles. The molecule has 4 nitrogen and oxygen atoms in total. The molecular formula is C14H17Cl2NO3. The third-order valence-corrected chi connectivity index (χ3v) is 3.79. The highest BCUT2D eigenvalue weighted by Crippen LogP contribution is 2.26. The fourth-order valence-electron chi connectivity index (χ4n) is 1.94. The summed E-state index contributed by atoms with van der Waals surface area (Å²) in [7, 11) is 1.29. The van der Waals surface area contributed by atoms with Crippen LogP contribution in [0.1, 0.15) is 37.0 Å². The molecule has 1 aromatic carbocycles. The summed E-state index contributed by atoms with van der Waals surface area (Å²) in [6, 6.07) is 4.76. The van der Waals surface area contributed by atoms with Crippen LogP contribution >= 0.6 is 23.2 Å². The van der Waals surface area contributed by atoms with Gasteiger partial charge in [-0.15, -0.1) is 0 Å². The Morgan fingerprint density at radius 1 is 1.35 bits per heavy atom. The fraction of sp³-hybridized carbons (Fsp3) is 0.429. The van der Waals surface area contributed by atoms with E-state index in [9.17, 15) is 9.59 Å². The van der Waals surface area contributed by atoms with Crippen LogP contribution in [0, 0.1) is 0 Å². The first kappa shape index (κ1) is 16.8. The second kappa shape index (κ2) is 6.95. The summed E-state index contributed by atoms with van der Waals surface area (Å²) in [4.78, 5) is 24.1. The molecule has 0 aliphatic carbocycles. The molecule has 0 spiro atoms. The zero-order valence-corrected chi connectivity index (χ0v) is 13.1. The molecule has 110 valence electrons. The monoisotopic (exact) mass is 317 g/mol. The average molecular weight is 318 g/mol. The highest BCUT2D eigenvalue weighted by Gasteiger charge is 2.35. The molecule has 1 aromatic rings. The maximum absolute atomic E-state index is 12.3. The van der Waals surface area contributed by atoms with Gasteiger partial charge in [0.2, 0.25) is 0 Å². The Balaban J connectivity index is 3.03. The molecule has 1 N–H and O–H groups in total. The van der Waals surface area contributed by atoms with Crippen molar-refractivity contribution < 1.29 is 14.3 Å². The molecule has 0 bridgehead atoms. The van der Waals surface area contributed by atoms with Crippen LogP contribution in [0.2, 0.25) is 10.0 Å². The Morgan fingerprint density at radius 2 is 2.00 bits per heavy atom. The Labute approximate surface area is 128 Å². The molecule has 0 fully saturated rings. The van der Waals surface area contributed by atoms with E-state index >= 15 is 0 Å². The van der Waals surface area contributed by atoms with Gasteiger partial charge in [0.05, 0.1) is 22.7 Å². The summed E-state index contributed by atoms with van der Waals surface area (Å²) in [5.41, 5.74) is -0.864. The zero-order chi connectivity index (χ0) is 15.3. The van der Waals surface area contributed by atoms with Gasteiger partial charge in [0, 0.05) is 0 Å². The number of methoxy groups -OCH3 is 1. The van der Waals surface area contributed by atoms with E-state index in [4.69, 9.17) is 27.9 Å². The van der Waals surface area contributed by atoms with Crippen LogP contribution in [-0.2, 0) is 9.53 Å². The van der Waals surface area contributed by atoms with Crippen molar-refractivity contribution in [1.82, 2.24) is 5.32 Å². The van der Waals surface area contributed by atoms with E-state index in [0.717, 1.165) is 6.42 Å². The van der Waals surface area contributed by atoms with E-state index in [2.05, 4.69) is 5.32 Å². The standard InChI is InChI=1S/C14H17Cl2NO3/c1-4-8-14(2,13(19)20-3)17-12(18)9-6-5-7-10(15)11(9)16/h5-7H,4,8H2,1-3H3,(H,17,18)/t14-/m1/s1. The van der Waals surface area contributed by atoms with Gasteiger partial charge in [-0.25, -0.2) is 4.79 Å². The lowest BCUT2D eigenvalue weighted by atomic mass is 9.95. The number of nitrogens with one attached hydrogen (secondary N) is 1. The van der Waals surface area contributed by atoms with Crippen molar-refractivity contribution in [3.05, 3.63) is 33.8 Å².